The first-order valence-electron chi connectivity index (χ1n) is 9.34. The molecule has 35 heavy (non-hydrogen) atoms. The van der Waals surface area contributed by atoms with E-state index in [1.807, 2.05) is 0 Å². The van der Waals surface area contributed by atoms with Crippen LogP contribution in [0.5, 0.6) is 11.6 Å². The van der Waals surface area contributed by atoms with Crippen molar-refractivity contribution >= 4 is 33.2 Å². The summed E-state index contributed by atoms with van der Waals surface area (Å²) >= 11 is -0.371. The van der Waals surface area contributed by atoms with Crippen molar-refractivity contribution in [3.8, 4) is 11.6 Å². The Bertz CT molecular complexity index is 1340. The largest absolute Gasteiger partial charge is 0.446 e. The van der Waals surface area contributed by atoms with E-state index in [0.29, 0.717) is 12.3 Å². The second kappa shape index (κ2) is 9.77. The molecule has 2 aromatic carbocycles. The monoisotopic (exact) mass is 536 g/mol. The van der Waals surface area contributed by atoms with Crippen molar-refractivity contribution in [2.75, 3.05) is 11.6 Å². The van der Waals surface area contributed by atoms with Gasteiger partial charge in [-0.1, -0.05) is 6.07 Å². The fourth-order valence-electron chi connectivity index (χ4n) is 2.68. The maximum absolute atomic E-state index is 13.2. The van der Waals surface area contributed by atoms with Crippen LogP contribution in [0.25, 0.3) is 0 Å². The van der Waals surface area contributed by atoms with E-state index in [0.717, 1.165) is 36.6 Å². The molecule has 1 aromatic heterocycles. The van der Waals surface area contributed by atoms with Crippen molar-refractivity contribution in [2.45, 2.75) is 21.5 Å². The normalized spacial score (nSPS) is 12.3. The Hall–Kier alpha value is -3.26. The highest BCUT2D eigenvalue weighted by Gasteiger charge is 2.33. The first kappa shape index (κ1) is 26.3. The van der Waals surface area contributed by atoms with Crippen LogP contribution >= 0.6 is 11.8 Å². The minimum Gasteiger partial charge on any atom is -0.438 e. The van der Waals surface area contributed by atoms with Crippen molar-refractivity contribution in [1.29, 1.82) is 0 Å². The van der Waals surface area contributed by atoms with Gasteiger partial charge >= 0.3 is 11.7 Å². The molecule has 0 spiro atoms. The Labute approximate surface area is 199 Å². The van der Waals surface area contributed by atoms with Crippen LogP contribution < -0.4 is 10.1 Å². The predicted octanol–water partition coefficient (Wildman–Crippen LogP) is 6.16. The maximum Gasteiger partial charge on any atom is 0.446 e. The van der Waals surface area contributed by atoms with Gasteiger partial charge in [0.2, 0.25) is 5.88 Å². The van der Waals surface area contributed by atoms with Crippen molar-refractivity contribution in [3.05, 3.63) is 71.9 Å². The molecule has 0 fully saturated rings. The minimum absolute atomic E-state index is 0.0187. The Morgan fingerprint density at radius 1 is 1.00 bits per heavy atom. The number of benzene rings is 2. The van der Waals surface area contributed by atoms with Gasteiger partial charge in [-0.05, 0) is 60.3 Å². The highest BCUT2D eigenvalue weighted by molar-refractivity contribution is 8.00. The van der Waals surface area contributed by atoms with Gasteiger partial charge in [-0.3, -0.25) is 4.79 Å². The summed E-state index contributed by atoms with van der Waals surface area (Å²) in [6.45, 7) is 0. The molecule has 0 aliphatic carbocycles. The third kappa shape index (κ3) is 7.36. The van der Waals surface area contributed by atoms with Crippen LogP contribution in [0.15, 0.2) is 70.6 Å². The number of rotatable bonds is 6. The summed E-state index contributed by atoms with van der Waals surface area (Å²) in [4.78, 5) is 16.1. The lowest BCUT2D eigenvalue weighted by atomic mass is 10.1. The summed E-state index contributed by atoms with van der Waals surface area (Å²) in [5, 5.41) is 2.29. The highest BCUT2D eigenvalue weighted by Crippen LogP contribution is 2.38. The molecule has 3 rings (SSSR count). The number of aromatic nitrogens is 1. The molecular weight excluding hydrogens is 522 g/mol. The number of halogens is 6. The molecule has 1 heterocycles. The number of hydrogen-bond acceptors (Lipinski definition) is 6. The van der Waals surface area contributed by atoms with Crippen LogP contribution in [0.2, 0.25) is 0 Å². The molecule has 1 N–H and O–H groups in total. The zero-order chi connectivity index (χ0) is 26.0. The third-order valence-electron chi connectivity index (χ3n) is 4.21. The third-order valence-corrected chi connectivity index (χ3v) is 6.06. The van der Waals surface area contributed by atoms with Crippen molar-refractivity contribution in [2.24, 2.45) is 0 Å². The summed E-state index contributed by atoms with van der Waals surface area (Å²) in [5.74, 6) is -1.73. The fourth-order valence-corrected chi connectivity index (χ4v) is 3.88. The molecule has 0 atom stereocenters. The van der Waals surface area contributed by atoms with E-state index in [1.165, 1.54) is 18.2 Å². The number of alkyl halides is 6. The van der Waals surface area contributed by atoms with Gasteiger partial charge in [0.05, 0.1) is 10.5 Å². The Morgan fingerprint density at radius 2 is 1.66 bits per heavy atom. The molecule has 14 heteroatoms. The van der Waals surface area contributed by atoms with Crippen LogP contribution in [0.3, 0.4) is 0 Å². The van der Waals surface area contributed by atoms with Gasteiger partial charge in [-0.15, -0.1) is 0 Å². The molecule has 186 valence electrons. The summed E-state index contributed by atoms with van der Waals surface area (Å²) in [6.07, 6.45) is -3.47. The second-order valence-electron chi connectivity index (χ2n) is 6.95. The number of nitrogens with zero attached hydrogens (tertiary/aromatic N) is 1. The van der Waals surface area contributed by atoms with E-state index in [2.05, 4.69) is 10.3 Å². The number of nitrogens with one attached hydrogen (secondary N) is 1. The van der Waals surface area contributed by atoms with E-state index in [9.17, 15) is 39.6 Å². The molecule has 0 unspecified atom stereocenters. The van der Waals surface area contributed by atoms with Crippen molar-refractivity contribution in [1.82, 2.24) is 4.98 Å². The molecule has 6 nitrogen and oxygen atoms in total. The number of anilines is 1. The van der Waals surface area contributed by atoms with Crippen molar-refractivity contribution < 1.29 is 44.3 Å². The number of sulfone groups is 1. The molecule has 0 aliphatic rings. The van der Waals surface area contributed by atoms with Crippen molar-refractivity contribution in [3.63, 3.8) is 0 Å². The van der Waals surface area contributed by atoms with Crippen LogP contribution in [0, 0.1) is 0 Å². The molecule has 3 aromatic rings. The smallest absolute Gasteiger partial charge is 0.438 e. The Morgan fingerprint density at radius 3 is 2.23 bits per heavy atom. The van der Waals surface area contributed by atoms with Gasteiger partial charge in [0.15, 0.2) is 9.84 Å². The lowest BCUT2D eigenvalue weighted by Gasteiger charge is -2.14. The summed E-state index contributed by atoms with van der Waals surface area (Å²) in [5.41, 5.74) is -6.43. The molecule has 0 aliphatic heterocycles. The molecule has 0 saturated heterocycles. The van der Waals surface area contributed by atoms with Crippen LogP contribution in [0.1, 0.15) is 15.9 Å². The quantitative estimate of drug-likeness (QED) is 0.300. The van der Waals surface area contributed by atoms with E-state index < -0.39 is 44.4 Å². The second-order valence-corrected chi connectivity index (χ2v) is 10.1. The minimum atomic E-state index is -4.84. The van der Waals surface area contributed by atoms with Gasteiger partial charge < -0.3 is 10.1 Å². The summed E-state index contributed by atoms with van der Waals surface area (Å²) < 4.78 is 106. The standard InChI is InChI=1S/C21H14F6N2O4S2/c1-35(31,32)16-4-2-3-13(10-16)29-18(30)17-9-12(20(22,23)24)11-28-19(17)33-14-5-7-15(8-6-14)34-21(25,26)27/h2-11H,1H3,(H,29,30). The van der Waals surface area contributed by atoms with E-state index >= 15 is 0 Å². The van der Waals surface area contributed by atoms with E-state index in [4.69, 9.17) is 4.74 Å². The first-order chi connectivity index (χ1) is 16.1. The Balaban J connectivity index is 1.93. The zero-order valence-electron chi connectivity index (χ0n) is 17.4. The van der Waals surface area contributed by atoms with Gasteiger partial charge in [-0.25, -0.2) is 13.4 Å². The molecule has 0 saturated carbocycles. The number of carbonyl (C=O) groups is 1. The van der Waals surface area contributed by atoms with E-state index in [-0.39, 0.29) is 33.0 Å². The maximum atomic E-state index is 13.2. The number of thioether (sulfide) groups is 1. The molecule has 0 bridgehead atoms. The SMILES string of the molecule is CS(=O)(=O)c1cccc(NC(=O)c2cc(C(F)(F)F)cnc2Oc2ccc(SC(F)(F)F)cc2)c1. The van der Waals surface area contributed by atoms with Gasteiger partial charge in [-0.2, -0.15) is 26.3 Å². The topological polar surface area (TPSA) is 85.4 Å². The Kier molecular flexibility index (Phi) is 7.36. The zero-order valence-corrected chi connectivity index (χ0v) is 19.1. The number of carbonyl (C=O) groups excluding carboxylic acids is 1. The van der Waals surface area contributed by atoms with Gasteiger partial charge in [0.1, 0.15) is 11.3 Å². The summed E-state index contributed by atoms with van der Waals surface area (Å²) in [6, 6.07) is 9.95. The number of amides is 1. The molecule has 0 radical (unpaired) electrons. The highest BCUT2D eigenvalue weighted by atomic mass is 32.2. The van der Waals surface area contributed by atoms with E-state index in [1.54, 1.807) is 0 Å². The number of ether oxygens (including phenoxy) is 1. The lowest BCUT2D eigenvalue weighted by Crippen LogP contribution is -2.16. The number of pyridine rings is 1. The van der Waals surface area contributed by atoms with Crippen LogP contribution in [-0.4, -0.2) is 31.1 Å². The van der Waals surface area contributed by atoms with Gasteiger partial charge in [0.25, 0.3) is 5.91 Å². The average Bonchev–Trinajstić information content (AvgIpc) is 2.73. The number of hydrogen-bond donors (Lipinski definition) is 1. The summed E-state index contributed by atoms with van der Waals surface area (Å²) in [7, 11) is -3.62. The average molecular weight is 536 g/mol. The molecule has 1 amide bonds. The van der Waals surface area contributed by atoms with Crippen LogP contribution in [0.4, 0.5) is 32.0 Å². The van der Waals surface area contributed by atoms with Crippen LogP contribution in [-0.2, 0) is 16.0 Å². The fraction of sp³-hybridized carbons (Fsp3) is 0.143. The van der Waals surface area contributed by atoms with Gasteiger partial charge in [0, 0.05) is 23.0 Å². The molecular formula is C21H14F6N2O4S2. The first-order valence-corrected chi connectivity index (χ1v) is 12.0. The predicted molar refractivity (Wildman–Crippen MR) is 115 cm³/mol. The lowest BCUT2D eigenvalue weighted by molar-refractivity contribution is -0.137.